The normalized spacial score (nSPS) is 10.8. The third-order valence-corrected chi connectivity index (χ3v) is 3.06. The Bertz CT molecular complexity index is 601. The molecule has 0 aliphatic carbocycles. The molecule has 1 aromatic rings. The summed E-state index contributed by atoms with van der Waals surface area (Å²) < 4.78 is 21.3. The van der Waals surface area contributed by atoms with Gasteiger partial charge in [0.05, 0.1) is 10.7 Å². The van der Waals surface area contributed by atoms with Gasteiger partial charge in [0.2, 0.25) is 10.0 Å². The van der Waals surface area contributed by atoms with E-state index in [4.69, 9.17) is 5.14 Å². The SMILES string of the molecule is NS(=O)(=O)CCCNC(=O)Nc1cccc([N+](=O)[O-])c1. The summed E-state index contributed by atoms with van der Waals surface area (Å²) in [6.45, 7) is 0.122. The molecular weight excluding hydrogens is 288 g/mol. The number of amides is 2. The minimum Gasteiger partial charge on any atom is -0.338 e. The van der Waals surface area contributed by atoms with Crippen molar-refractivity contribution in [1.82, 2.24) is 5.32 Å². The van der Waals surface area contributed by atoms with E-state index in [1.165, 1.54) is 24.3 Å². The Kier molecular flexibility index (Phi) is 5.41. The molecule has 0 aromatic heterocycles. The first kappa shape index (κ1) is 15.9. The topological polar surface area (TPSA) is 144 Å². The average molecular weight is 302 g/mol. The third-order valence-electron chi connectivity index (χ3n) is 2.21. The zero-order valence-electron chi connectivity index (χ0n) is 10.4. The molecule has 0 atom stereocenters. The van der Waals surface area contributed by atoms with Gasteiger partial charge in [0.25, 0.3) is 5.69 Å². The molecule has 0 saturated carbocycles. The van der Waals surface area contributed by atoms with E-state index in [0.717, 1.165) is 0 Å². The Labute approximate surface area is 115 Å². The van der Waals surface area contributed by atoms with Crippen molar-refractivity contribution in [1.29, 1.82) is 0 Å². The van der Waals surface area contributed by atoms with Gasteiger partial charge in [0, 0.05) is 24.4 Å². The number of anilines is 1. The molecule has 4 N–H and O–H groups in total. The summed E-state index contributed by atoms with van der Waals surface area (Å²) in [5.41, 5.74) is 0.125. The van der Waals surface area contributed by atoms with E-state index >= 15 is 0 Å². The molecule has 0 saturated heterocycles. The van der Waals surface area contributed by atoms with Gasteiger partial charge in [0.15, 0.2) is 0 Å². The van der Waals surface area contributed by atoms with Crippen LogP contribution in [0.25, 0.3) is 0 Å². The maximum Gasteiger partial charge on any atom is 0.319 e. The van der Waals surface area contributed by atoms with Crippen LogP contribution in [-0.4, -0.2) is 31.7 Å². The van der Waals surface area contributed by atoms with Crippen LogP contribution in [0.4, 0.5) is 16.2 Å². The molecule has 10 heteroatoms. The molecule has 9 nitrogen and oxygen atoms in total. The van der Waals surface area contributed by atoms with E-state index in [9.17, 15) is 23.3 Å². The maximum atomic E-state index is 11.4. The quantitative estimate of drug-likeness (QED) is 0.395. The van der Waals surface area contributed by atoms with E-state index in [1.807, 2.05) is 0 Å². The maximum absolute atomic E-state index is 11.4. The number of nitrogens with zero attached hydrogens (tertiary/aromatic N) is 1. The number of hydrogen-bond donors (Lipinski definition) is 3. The summed E-state index contributed by atoms with van der Waals surface area (Å²) >= 11 is 0. The number of hydrogen-bond acceptors (Lipinski definition) is 5. The van der Waals surface area contributed by atoms with Gasteiger partial charge in [-0.25, -0.2) is 18.4 Å². The van der Waals surface area contributed by atoms with Crippen molar-refractivity contribution in [2.45, 2.75) is 6.42 Å². The zero-order valence-corrected chi connectivity index (χ0v) is 11.2. The Morgan fingerprint density at radius 1 is 1.40 bits per heavy atom. The number of non-ortho nitro benzene ring substituents is 1. The summed E-state index contributed by atoms with van der Waals surface area (Å²) in [6.07, 6.45) is 0.182. The third kappa shape index (κ3) is 6.11. The number of nitrogens with two attached hydrogens (primary N) is 1. The number of nitro groups is 1. The molecular formula is C10H14N4O5S. The van der Waals surface area contributed by atoms with Crippen molar-refractivity contribution in [3.8, 4) is 0 Å². The number of nitrogens with one attached hydrogen (secondary N) is 2. The van der Waals surface area contributed by atoms with Crippen LogP contribution in [0.1, 0.15) is 6.42 Å². The van der Waals surface area contributed by atoms with Crippen LogP contribution in [0, 0.1) is 10.1 Å². The monoisotopic (exact) mass is 302 g/mol. The summed E-state index contributed by atoms with van der Waals surface area (Å²) in [5.74, 6) is -0.232. The number of carbonyl (C=O) groups is 1. The predicted octanol–water partition coefficient (Wildman–Crippen LogP) is 0.395. The molecule has 0 unspecified atom stereocenters. The van der Waals surface area contributed by atoms with Gasteiger partial charge < -0.3 is 10.6 Å². The standard InChI is InChI=1S/C10H14N4O5S/c11-20(18,19)6-2-5-12-10(15)13-8-3-1-4-9(7-8)14(16)17/h1,3-4,7H,2,5-6H2,(H2,11,18,19)(H2,12,13,15). The number of rotatable bonds is 6. The molecule has 0 spiro atoms. The second kappa shape index (κ2) is 6.82. The van der Waals surface area contributed by atoms with Crippen molar-refractivity contribution in [2.24, 2.45) is 5.14 Å². The molecule has 1 rings (SSSR count). The van der Waals surface area contributed by atoms with Gasteiger partial charge in [-0.2, -0.15) is 0 Å². The number of carbonyl (C=O) groups excluding carboxylic acids is 1. The number of primary sulfonamides is 1. The van der Waals surface area contributed by atoms with Crippen LogP contribution in [0.15, 0.2) is 24.3 Å². The van der Waals surface area contributed by atoms with Gasteiger partial charge in [-0.05, 0) is 12.5 Å². The lowest BCUT2D eigenvalue weighted by Crippen LogP contribution is -2.31. The highest BCUT2D eigenvalue weighted by Gasteiger charge is 2.08. The Morgan fingerprint density at radius 2 is 2.10 bits per heavy atom. The molecule has 0 aliphatic rings. The predicted molar refractivity (Wildman–Crippen MR) is 72.7 cm³/mol. The second-order valence-corrected chi connectivity index (χ2v) is 5.64. The largest absolute Gasteiger partial charge is 0.338 e. The lowest BCUT2D eigenvalue weighted by atomic mass is 10.3. The lowest BCUT2D eigenvalue weighted by Gasteiger charge is -2.07. The summed E-state index contributed by atoms with van der Waals surface area (Å²) in [4.78, 5) is 21.4. The molecule has 110 valence electrons. The molecule has 1 aromatic carbocycles. The Balaban J connectivity index is 2.43. The van der Waals surface area contributed by atoms with Crippen molar-refractivity contribution in [3.63, 3.8) is 0 Å². The number of urea groups is 1. The first-order valence-corrected chi connectivity index (χ1v) is 7.29. The minimum absolute atomic E-state index is 0.122. The van der Waals surface area contributed by atoms with E-state index in [1.54, 1.807) is 0 Å². The van der Waals surface area contributed by atoms with E-state index in [0.29, 0.717) is 0 Å². The van der Waals surface area contributed by atoms with Crippen molar-refractivity contribution in [3.05, 3.63) is 34.4 Å². The zero-order chi connectivity index (χ0) is 15.2. The van der Waals surface area contributed by atoms with Gasteiger partial charge in [-0.1, -0.05) is 6.07 Å². The second-order valence-electron chi connectivity index (χ2n) is 3.91. The molecule has 0 radical (unpaired) electrons. The summed E-state index contributed by atoms with van der Waals surface area (Å²) in [5, 5.41) is 20.2. The fraction of sp³-hybridized carbons (Fsp3) is 0.300. The smallest absolute Gasteiger partial charge is 0.319 e. The molecule has 0 bridgehead atoms. The lowest BCUT2D eigenvalue weighted by molar-refractivity contribution is -0.384. The summed E-state index contributed by atoms with van der Waals surface area (Å²) in [7, 11) is -3.54. The molecule has 0 fully saturated rings. The summed E-state index contributed by atoms with van der Waals surface area (Å²) in [6, 6.07) is 4.87. The van der Waals surface area contributed by atoms with Crippen LogP contribution in [0.3, 0.4) is 0 Å². The highest BCUT2D eigenvalue weighted by atomic mass is 32.2. The van der Waals surface area contributed by atoms with Crippen molar-refractivity contribution < 1.29 is 18.1 Å². The fourth-order valence-corrected chi connectivity index (χ4v) is 1.89. The van der Waals surface area contributed by atoms with E-state index < -0.39 is 21.0 Å². The van der Waals surface area contributed by atoms with Gasteiger partial charge in [-0.3, -0.25) is 10.1 Å². The van der Waals surface area contributed by atoms with E-state index in [-0.39, 0.29) is 30.1 Å². The van der Waals surface area contributed by atoms with Crippen LogP contribution < -0.4 is 15.8 Å². The molecule has 0 aliphatic heterocycles. The fourth-order valence-electron chi connectivity index (χ4n) is 1.35. The average Bonchev–Trinajstić information content (AvgIpc) is 2.34. The van der Waals surface area contributed by atoms with Crippen molar-refractivity contribution >= 4 is 27.4 Å². The first-order chi connectivity index (χ1) is 9.28. The number of nitro benzene ring substituents is 1. The van der Waals surface area contributed by atoms with Crippen LogP contribution in [0.5, 0.6) is 0 Å². The highest BCUT2D eigenvalue weighted by Crippen LogP contribution is 2.16. The van der Waals surface area contributed by atoms with Gasteiger partial charge >= 0.3 is 6.03 Å². The van der Waals surface area contributed by atoms with Crippen LogP contribution in [0.2, 0.25) is 0 Å². The number of benzene rings is 1. The first-order valence-electron chi connectivity index (χ1n) is 5.58. The van der Waals surface area contributed by atoms with Crippen molar-refractivity contribution in [2.75, 3.05) is 17.6 Å². The molecule has 2 amide bonds. The number of sulfonamides is 1. The van der Waals surface area contributed by atoms with Crippen LogP contribution in [-0.2, 0) is 10.0 Å². The minimum atomic E-state index is -3.54. The molecule has 20 heavy (non-hydrogen) atoms. The van der Waals surface area contributed by atoms with Crippen LogP contribution >= 0.6 is 0 Å². The highest BCUT2D eigenvalue weighted by molar-refractivity contribution is 7.89. The van der Waals surface area contributed by atoms with Gasteiger partial charge in [0.1, 0.15) is 0 Å². The molecule has 0 heterocycles. The Hall–Kier alpha value is -2.20. The van der Waals surface area contributed by atoms with Gasteiger partial charge in [-0.15, -0.1) is 0 Å². The van der Waals surface area contributed by atoms with E-state index in [2.05, 4.69) is 10.6 Å². The Morgan fingerprint density at radius 3 is 2.70 bits per heavy atom.